The number of nitrogens with one attached hydrogen (secondary N) is 1. The summed E-state index contributed by atoms with van der Waals surface area (Å²) in [6.45, 7) is 0.802. The Bertz CT molecular complexity index is 486. The van der Waals surface area contributed by atoms with Crippen molar-refractivity contribution in [1.29, 1.82) is 0 Å². The molecule has 1 N–H and O–H groups in total. The maximum atomic E-state index is 13.3. The molecule has 1 aromatic rings. The van der Waals surface area contributed by atoms with Crippen LogP contribution in [0.2, 0.25) is 0 Å². The molecular weight excluding hydrogens is 247 g/mol. The van der Waals surface area contributed by atoms with Crippen LogP contribution >= 0.6 is 0 Å². The van der Waals surface area contributed by atoms with Crippen molar-refractivity contribution in [2.75, 3.05) is 11.9 Å². The van der Waals surface area contributed by atoms with Gasteiger partial charge in [0.2, 0.25) is 0 Å². The second-order valence-corrected chi connectivity index (χ2v) is 5.67. The molecule has 2 fully saturated rings. The van der Waals surface area contributed by atoms with Crippen molar-refractivity contribution in [2.45, 2.75) is 25.7 Å². The number of nitro groups is 1. The van der Waals surface area contributed by atoms with Crippen molar-refractivity contribution in [2.24, 2.45) is 17.8 Å². The molecule has 0 spiro atoms. The molecule has 0 aliphatic heterocycles. The fourth-order valence-corrected chi connectivity index (χ4v) is 2.78. The molecule has 2 aliphatic carbocycles. The van der Waals surface area contributed by atoms with Crippen LogP contribution in [0.5, 0.6) is 0 Å². The molecule has 5 heteroatoms. The van der Waals surface area contributed by atoms with Crippen LogP contribution in [0.4, 0.5) is 15.8 Å². The van der Waals surface area contributed by atoms with Crippen LogP contribution in [0.15, 0.2) is 18.2 Å². The Morgan fingerprint density at radius 1 is 1.26 bits per heavy atom. The molecule has 0 aromatic heterocycles. The van der Waals surface area contributed by atoms with Crippen LogP contribution in [-0.2, 0) is 0 Å². The fourth-order valence-electron chi connectivity index (χ4n) is 2.78. The van der Waals surface area contributed by atoms with Crippen molar-refractivity contribution in [3.63, 3.8) is 0 Å². The molecule has 3 rings (SSSR count). The van der Waals surface area contributed by atoms with Gasteiger partial charge in [-0.25, -0.2) is 4.39 Å². The summed E-state index contributed by atoms with van der Waals surface area (Å²) in [5.41, 5.74) is 0.315. The summed E-state index contributed by atoms with van der Waals surface area (Å²) >= 11 is 0. The monoisotopic (exact) mass is 264 g/mol. The van der Waals surface area contributed by atoms with Crippen molar-refractivity contribution in [1.82, 2.24) is 0 Å². The van der Waals surface area contributed by atoms with Crippen molar-refractivity contribution in [3.8, 4) is 0 Å². The summed E-state index contributed by atoms with van der Waals surface area (Å²) in [7, 11) is 0. The van der Waals surface area contributed by atoms with Gasteiger partial charge in [0, 0.05) is 18.3 Å². The molecule has 102 valence electrons. The number of nitro benzene ring substituents is 1. The Labute approximate surface area is 111 Å². The summed E-state index contributed by atoms with van der Waals surface area (Å²) in [5.74, 6) is 1.71. The predicted octanol–water partition coefficient (Wildman–Crippen LogP) is 3.58. The van der Waals surface area contributed by atoms with E-state index in [2.05, 4.69) is 5.32 Å². The molecule has 2 saturated carbocycles. The molecular formula is C14H17FN2O2. The SMILES string of the molecule is O=[N+]([O-])c1cc(F)cc(NCC(C2CC2)C2CC2)c1. The van der Waals surface area contributed by atoms with E-state index in [1.807, 2.05) is 0 Å². The molecule has 1 aromatic carbocycles. The average molecular weight is 264 g/mol. The number of hydrogen-bond donors (Lipinski definition) is 1. The third kappa shape index (κ3) is 3.03. The lowest BCUT2D eigenvalue weighted by Crippen LogP contribution is -2.18. The van der Waals surface area contributed by atoms with E-state index in [0.717, 1.165) is 24.4 Å². The lowest BCUT2D eigenvalue weighted by Gasteiger charge is -2.17. The highest BCUT2D eigenvalue weighted by Gasteiger charge is 2.41. The van der Waals surface area contributed by atoms with E-state index in [0.29, 0.717) is 11.6 Å². The number of hydrogen-bond acceptors (Lipinski definition) is 3. The molecule has 19 heavy (non-hydrogen) atoms. The van der Waals surface area contributed by atoms with Gasteiger partial charge in [0.25, 0.3) is 5.69 Å². The molecule has 0 amide bonds. The molecule has 0 saturated heterocycles. The number of halogens is 1. The minimum Gasteiger partial charge on any atom is -0.384 e. The van der Waals surface area contributed by atoms with Gasteiger partial charge < -0.3 is 5.32 Å². The number of non-ortho nitro benzene ring substituents is 1. The first-order chi connectivity index (χ1) is 9.13. The van der Waals surface area contributed by atoms with Crippen LogP contribution in [0.3, 0.4) is 0 Å². The first-order valence-electron chi connectivity index (χ1n) is 6.82. The maximum Gasteiger partial charge on any atom is 0.274 e. The minimum absolute atomic E-state index is 0.197. The van der Waals surface area contributed by atoms with Gasteiger partial charge in [-0.05, 0) is 49.5 Å². The van der Waals surface area contributed by atoms with Crippen LogP contribution in [0.25, 0.3) is 0 Å². The van der Waals surface area contributed by atoms with Crippen molar-refractivity contribution in [3.05, 3.63) is 34.1 Å². The topological polar surface area (TPSA) is 55.2 Å². The molecule has 4 nitrogen and oxygen atoms in total. The van der Waals surface area contributed by atoms with Gasteiger partial charge in [0.15, 0.2) is 0 Å². The first-order valence-corrected chi connectivity index (χ1v) is 6.82. The molecule has 0 bridgehead atoms. The van der Waals surface area contributed by atoms with Crippen LogP contribution in [-0.4, -0.2) is 11.5 Å². The Kier molecular flexibility index (Phi) is 3.12. The third-order valence-electron chi connectivity index (χ3n) is 4.09. The van der Waals surface area contributed by atoms with Gasteiger partial charge in [-0.2, -0.15) is 0 Å². The zero-order chi connectivity index (χ0) is 13.4. The number of rotatable bonds is 6. The van der Waals surface area contributed by atoms with Crippen LogP contribution < -0.4 is 5.32 Å². The number of anilines is 1. The smallest absolute Gasteiger partial charge is 0.274 e. The molecule has 0 heterocycles. The summed E-state index contributed by atoms with van der Waals surface area (Å²) in [5, 5.41) is 13.9. The van der Waals surface area contributed by atoms with Crippen LogP contribution in [0, 0.1) is 33.7 Å². The first kappa shape index (κ1) is 12.4. The molecule has 2 aliphatic rings. The van der Waals surface area contributed by atoms with Gasteiger partial charge in [0.1, 0.15) is 5.82 Å². The third-order valence-corrected chi connectivity index (χ3v) is 4.09. The van der Waals surface area contributed by atoms with E-state index >= 15 is 0 Å². The van der Waals surface area contributed by atoms with Crippen molar-refractivity contribution >= 4 is 11.4 Å². The van der Waals surface area contributed by atoms with E-state index in [1.54, 1.807) is 0 Å². The average Bonchev–Trinajstić information content (AvgIpc) is 3.23. The zero-order valence-corrected chi connectivity index (χ0v) is 10.6. The van der Waals surface area contributed by atoms with Gasteiger partial charge in [-0.3, -0.25) is 10.1 Å². The standard InChI is InChI=1S/C14H17FN2O2/c15-11-5-12(7-13(6-11)17(18)19)16-8-14(9-1-2-9)10-3-4-10/h5-7,9-10,14,16H,1-4,8H2. The van der Waals surface area contributed by atoms with Crippen molar-refractivity contribution < 1.29 is 9.31 Å². The van der Waals surface area contributed by atoms with E-state index in [-0.39, 0.29) is 5.69 Å². The van der Waals surface area contributed by atoms with E-state index in [9.17, 15) is 14.5 Å². The highest BCUT2D eigenvalue weighted by molar-refractivity contribution is 5.51. The maximum absolute atomic E-state index is 13.3. The van der Waals surface area contributed by atoms with E-state index in [4.69, 9.17) is 0 Å². The summed E-state index contributed by atoms with van der Waals surface area (Å²) in [6, 6.07) is 3.67. The van der Waals surface area contributed by atoms with Gasteiger partial charge in [-0.15, -0.1) is 0 Å². The normalized spacial score (nSPS) is 18.6. The highest BCUT2D eigenvalue weighted by atomic mass is 19.1. The predicted molar refractivity (Wildman–Crippen MR) is 70.5 cm³/mol. The highest BCUT2D eigenvalue weighted by Crippen LogP contribution is 2.49. The Morgan fingerprint density at radius 3 is 2.42 bits per heavy atom. The Balaban J connectivity index is 1.66. The summed E-state index contributed by atoms with van der Waals surface area (Å²) in [6.07, 6.45) is 5.19. The summed E-state index contributed by atoms with van der Waals surface area (Å²) < 4.78 is 13.3. The lowest BCUT2D eigenvalue weighted by atomic mass is 9.98. The summed E-state index contributed by atoms with van der Waals surface area (Å²) in [4.78, 5) is 10.1. The second-order valence-electron chi connectivity index (χ2n) is 5.67. The lowest BCUT2D eigenvalue weighted by molar-refractivity contribution is -0.385. The molecule has 0 atom stereocenters. The van der Waals surface area contributed by atoms with E-state index in [1.165, 1.54) is 37.8 Å². The van der Waals surface area contributed by atoms with Gasteiger partial charge in [-0.1, -0.05) is 0 Å². The van der Waals surface area contributed by atoms with Gasteiger partial charge in [0.05, 0.1) is 11.0 Å². The Hall–Kier alpha value is -1.65. The zero-order valence-electron chi connectivity index (χ0n) is 10.6. The van der Waals surface area contributed by atoms with E-state index < -0.39 is 10.7 Å². The molecule has 0 radical (unpaired) electrons. The number of nitrogens with zero attached hydrogens (tertiary/aromatic N) is 1. The van der Waals surface area contributed by atoms with Gasteiger partial charge >= 0.3 is 0 Å². The quantitative estimate of drug-likeness (QED) is 0.631. The second kappa shape index (κ2) is 4.79. The Morgan fingerprint density at radius 2 is 1.89 bits per heavy atom. The largest absolute Gasteiger partial charge is 0.384 e. The minimum atomic E-state index is -0.564. The molecule has 0 unspecified atom stereocenters. The fraction of sp³-hybridized carbons (Fsp3) is 0.571. The number of benzene rings is 1. The van der Waals surface area contributed by atoms with Crippen LogP contribution in [0.1, 0.15) is 25.7 Å².